The Bertz CT molecular complexity index is 1420. The van der Waals surface area contributed by atoms with Crippen LogP contribution < -0.4 is 9.47 Å². The molecule has 0 fully saturated rings. The summed E-state index contributed by atoms with van der Waals surface area (Å²) in [6.07, 6.45) is 2.69. The number of benzene rings is 2. The minimum absolute atomic E-state index is 0.0223. The molecule has 3 rings (SSSR count). The Labute approximate surface area is 273 Å². The van der Waals surface area contributed by atoms with E-state index in [1.807, 2.05) is 45.0 Å². The van der Waals surface area contributed by atoms with Gasteiger partial charge in [0.1, 0.15) is 12.4 Å². The second kappa shape index (κ2) is 16.7. The molecule has 1 N–H and O–H groups in total. The molecule has 0 aliphatic carbocycles. The maximum absolute atomic E-state index is 12.5. The molecule has 1 aliphatic heterocycles. The van der Waals surface area contributed by atoms with E-state index in [0.717, 1.165) is 22.4 Å². The molecule has 0 saturated carbocycles. The molecule has 15 heteroatoms. The van der Waals surface area contributed by atoms with Crippen molar-refractivity contribution in [2.75, 3.05) is 33.9 Å². The largest absolute Gasteiger partial charge is 0.504 e. The summed E-state index contributed by atoms with van der Waals surface area (Å²) in [4.78, 5) is 57.2. The van der Waals surface area contributed by atoms with Gasteiger partial charge in [0, 0.05) is 44.6 Å². The zero-order valence-corrected chi connectivity index (χ0v) is 27.5. The van der Waals surface area contributed by atoms with Gasteiger partial charge in [0.2, 0.25) is 11.8 Å². The number of hydrogen-bond acceptors (Lipinski definition) is 11. The van der Waals surface area contributed by atoms with Crippen molar-refractivity contribution < 1.29 is 44.0 Å². The number of phenols is 1. The normalized spacial score (nSPS) is 16.0. The first-order valence-corrected chi connectivity index (χ1v) is 15.5. The summed E-state index contributed by atoms with van der Waals surface area (Å²) in [7, 11) is 3.42. The number of carbonyl (C=O) groups excluding carboxylic acids is 2. The lowest BCUT2D eigenvalue weighted by molar-refractivity contribution is -0.757. The molecule has 3 atom stereocenters. The fraction of sp³-hybridized carbons (Fsp3) is 0.562. The van der Waals surface area contributed by atoms with Gasteiger partial charge >= 0.3 is 0 Å². The minimum atomic E-state index is -0.868. The number of hydrogen-bond donors (Lipinski definition) is 1. The molecule has 47 heavy (non-hydrogen) atoms. The molecule has 3 unspecified atom stereocenters. The van der Waals surface area contributed by atoms with E-state index in [2.05, 4.69) is 9.68 Å². The van der Waals surface area contributed by atoms with Crippen LogP contribution in [0.3, 0.4) is 0 Å². The van der Waals surface area contributed by atoms with Crippen LogP contribution in [0.1, 0.15) is 69.6 Å². The maximum Gasteiger partial charge on any atom is 0.294 e. The zero-order chi connectivity index (χ0) is 34.7. The Morgan fingerprint density at radius 1 is 0.872 bits per heavy atom. The van der Waals surface area contributed by atoms with Gasteiger partial charge in [0.05, 0.1) is 13.2 Å². The fourth-order valence-electron chi connectivity index (χ4n) is 5.28. The van der Waals surface area contributed by atoms with Crippen LogP contribution in [0, 0.1) is 20.2 Å². The van der Waals surface area contributed by atoms with Crippen molar-refractivity contribution in [3.05, 3.63) is 73.3 Å². The van der Waals surface area contributed by atoms with E-state index in [0.29, 0.717) is 31.4 Å². The Hall–Kier alpha value is -4.82. The molecule has 0 radical (unpaired) electrons. The third kappa shape index (κ3) is 10.6. The second-order valence-corrected chi connectivity index (χ2v) is 12.0. The number of phenolic OH excluding ortho intramolecular Hbond substituents is 1. The number of fused-ring (bicyclic) bond motifs is 1. The van der Waals surface area contributed by atoms with Gasteiger partial charge < -0.3 is 34.1 Å². The molecule has 0 aromatic heterocycles. The molecular formula is C32H44N4O11. The molecule has 15 nitrogen and oxygen atoms in total. The smallest absolute Gasteiger partial charge is 0.294 e. The minimum Gasteiger partial charge on any atom is -0.504 e. The van der Waals surface area contributed by atoms with Gasteiger partial charge in [-0.1, -0.05) is 18.2 Å². The lowest BCUT2D eigenvalue weighted by Crippen LogP contribution is -2.44. The number of amides is 2. The van der Waals surface area contributed by atoms with Crippen LogP contribution in [0.2, 0.25) is 0 Å². The fourth-order valence-corrected chi connectivity index (χ4v) is 5.28. The summed E-state index contributed by atoms with van der Waals surface area (Å²) in [5.74, 6) is 0.824. The molecule has 1 aliphatic rings. The molecule has 2 aromatic rings. The number of rotatable bonds is 20. The Morgan fingerprint density at radius 3 is 1.96 bits per heavy atom. The number of ether oxygens (including phenoxy) is 2. The van der Waals surface area contributed by atoms with E-state index >= 15 is 0 Å². The van der Waals surface area contributed by atoms with Crippen LogP contribution in [0.25, 0.3) is 0 Å². The highest BCUT2D eigenvalue weighted by Crippen LogP contribution is 2.45. The van der Waals surface area contributed by atoms with Gasteiger partial charge in [0.25, 0.3) is 10.2 Å². The molecule has 1 heterocycles. The highest BCUT2D eigenvalue weighted by atomic mass is 17.0. The Balaban J connectivity index is 1.47. The van der Waals surface area contributed by atoms with E-state index in [-0.39, 0.29) is 68.7 Å². The summed E-state index contributed by atoms with van der Waals surface area (Å²) < 4.78 is 12.0. The van der Waals surface area contributed by atoms with E-state index in [1.165, 1.54) is 0 Å². The number of unbranched alkanes of at least 4 members (excludes halogenated alkanes) is 1. The van der Waals surface area contributed by atoms with Crippen LogP contribution >= 0.6 is 0 Å². The topological polar surface area (TPSA) is 184 Å². The predicted molar refractivity (Wildman–Crippen MR) is 169 cm³/mol. The van der Waals surface area contributed by atoms with E-state index in [9.17, 15) is 34.9 Å². The van der Waals surface area contributed by atoms with Crippen molar-refractivity contribution in [1.29, 1.82) is 0 Å². The van der Waals surface area contributed by atoms with Crippen LogP contribution in [0.5, 0.6) is 17.2 Å². The van der Waals surface area contributed by atoms with Crippen molar-refractivity contribution in [2.45, 2.75) is 83.4 Å². The third-order valence-corrected chi connectivity index (χ3v) is 8.36. The van der Waals surface area contributed by atoms with Crippen LogP contribution in [0.4, 0.5) is 0 Å². The third-order valence-electron chi connectivity index (χ3n) is 8.36. The first-order valence-electron chi connectivity index (χ1n) is 15.5. The summed E-state index contributed by atoms with van der Waals surface area (Å²) in [6, 6.07) is 10.8. The molecule has 2 amide bonds. The maximum atomic E-state index is 12.5. The highest BCUT2D eigenvalue weighted by molar-refractivity contribution is 5.76. The SMILES string of the molecule is CC(Cc1ccc(OCC2(C)Oc3cc(CC(C)N(C)C(=O)CCCO[N+](=O)[O-])ccc32)c(O)c1)N(C)C(=O)CCCCO[N+](=O)[O-]. The van der Waals surface area contributed by atoms with E-state index < -0.39 is 15.8 Å². The number of nitrogens with zero attached hydrogens (tertiary/aromatic N) is 4. The highest BCUT2D eigenvalue weighted by Gasteiger charge is 2.42. The van der Waals surface area contributed by atoms with Gasteiger partial charge in [-0.3, -0.25) is 9.59 Å². The summed E-state index contributed by atoms with van der Waals surface area (Å²) in [5.41, 5.74) is 2.08. The van der Waals surface area contributed by atoms with Gasteiger partial charge in [0.15, 0.2) is 17.1 Å². The number of likely N-dealkylation sites (N-methyl/N-ethyl adjacent to an activating group) is 2. The van der Waals surface area contributed by atoms with Crippen LogP contribution in [-0.4, -0.2) is 82.9 Å². The Morgan fingerprint density at radius 2 is 1.40 bits per heavy atom. The monoisotopic (exact) mass is 660 g/mol. The molecule has 0 saturated heterocycles. The average molecular weight is 661 g/mol. The average Bonchev–Trinajstić information content (AvgIpc) is 3.00. The summed E-state index contributed by atoms with van der Waals surface area (Å²) >= 11 is 0. The van der Waals surface area contributed by atoms with Crippen molar-refractivity contribution in [2.24, 2.45) is 0 Å². The quantitative estimate of drug-likeness (QED) is 0.122. The standard InChI is InChI=1S/C32H44N4O11/c1-22(33(4)30(38)9-6-7-15-45-35(40)41)17-24-12-14-28(27(37)19-24)44-21-32(3)26-13-11-25(20-29(26)47-32)18-23(2)34(5)31(39)10-8-16-46-36(42)43/h11-14,19-20,22-23,37H,6-10,15-18,21H2,1-5H3. The van der Waals surface area contributed by atoms with Gasteiger partial charge in [-0.15, -0.1) is 20.2 Å². The van der Waals surface area contributed by atoms with Crippen molar-refractivity contribution in [1.82, 2.24) is 9.80 Å². The number of carbonyl (C=O) groups is 2. The van der Waals surface area contributed by atoms with Gasteiger partial charge in [-0.05, 0) is 82.2 Å². The van der Waals surface area contributed by atoms with Gasteiger partial charge in [-0.25, -0.2) is 0 Å². The summed E-state index contributed by atoms with van der Waals surface area (Å²) in [5, 5.41) is 29.4. The first kappa shape index (κ1) is 36.6. The van der Waals surface area contributed by atoms with Crippen molar-refractivity contribution >= 4 is 11.8 Å². The lowest BCUT2D eigenvalue weighted by atomic mass is 9.88. The molecule has 0 spiro atoms. The predicted octanol–water partition coefficient (Wildman–Crippen LogP) is 4.22. The number of aromatic hydroxyl groups is 1. The van der Waals surface area contributed by atoms with E-state index in [4.69, 9.17) is 9.47 Å². The van der Waals surface area contributed by atoms with E-state index in [1.54, 1.807) is 36.0 Å². The Kier molecular flexibility index (Phi) is 13.0. The van der Waals surface area contributed by atoms with Gasteiger partial charge in [-0.2, -0.15) is 0 Å². The van der Waals surface area contributed by atoms with Crippen LogP contribution in [-0.2, 0) is 37.7 Å². The summed E-state index contributed by atoms with van der Waals surface area (Å²) in [6.45, 7) is 5.76. The van der Waals surface area contributed by atoms with Crippen LogP contribution in [0.15, 0.2) is 36.4 Å². The van der Waals surface area contributed by atoms with Crippen molar-refractivity contribution in [3.8, 4) is 17.2 Å². The van der Waals surface area contributed by atoms with Crippen molar-refractivity contribution in [3.63, 3.8) is 0 Å². The zero-order valence-electron chi connectivity index (χ0n) is 27.5. The molecular weight excluding hydrogens is 616 g/mol. The molecule has 258 valence electrons. The second-order valence-electron chi connectivity index (χ2n) is 12.0. The molecule has 2 aromatic carbocycles. The molecule has 0 bridgehead atoms. The first-order chi connectivity index (χ1) is 22.2. The lowest BCUT2D eigenvalue weighted by Gasteiger charge is -2.41.